The van der Waals surface area contributed by atoms with Crippen molar-refractivity contribution in [3.8, 4) is 0 Å². The number of likely N-dealkylation sites (N-methyl/N-ethyl adjacent to an activating group) is 1. The average molecular weight is 410 g/mol. The average Bonchev–Trinajstić information content (AvgIpc) is 2.71. The largest absolute Gasteiger partial charge is 0.349 e. The van der Waals surface area contributed by atoms with Crippen LogP contribution in [0.25, 0.3) is 0 Å². The summed E-state index contributed by atoms with van der Waals surface area (Å²) in [5.74, 6) is -0.724. The summed E-state index contributed by atoms with van der Waals surface area (Å²) in [6, 6.07) is 11.9. The molecule has 0 spiro atoms. The maximum atomic E-state index is 13.2. The highest BCUT2D eigenvalue weighted by Gasteiger charge is 2.27. The SMILES string of the molecule is Cc1ccc(C)c(N2N=C(C(=O)NCC(c3ccc(F)cc3)N(C)C)CCC2=O)c1. The van der Waals surface area contributed by atoms with Gasteiger partial charge in [0.15, 0.2) is 0 Å². The third-order valence-corrected chi connectivity index (χ3v) is 5.22. The van der Waals surface area contributed by atoms with Gasteiger partial charge in [0.25, 0.3) is 5.91 Å². The lowest BCUT2D eigenvalue weighted by Crippen LogP contribution is -2.42. The molecule has 0 aliphatic carbocycles. The van der Waals surface area contributed by atoms with Gasteiger partial charge in [-0.15, -0.1) is 0 Å². The Hall–Kier alpha value is -3.06. The van der Waals surface area contributed by atoms with Crippen LogP contribution in [0.4, 0.5) is 10.1 Å². The number of anilines is 1. The third kappa shape index (κ3) is 4.91. The van der Waals surface area contributed by atoms with Gasteiger partial charge in [-0.25, -0.2) is 9.40 Å². The second-order valence-corrected chi connectivity index (χ2v) is 7.78. The molecule has 2 aromatic carbocycles. The Balaban J connectivity index is 1.76. The number of hydrazone groups is 1. The van der Waals surface area contributed by atoms with E-state index in [-0.39, 0.29) is 30.1 Å². The van der Waals surface area contributed by atoms with E-state index < -0.39 is 0 Å². The van der Waals surface area contributed by atoms with Crippen molar-refractivity contribution in [1.82, 2.24) is 10.2 Å². The van der Waals surface area contributed by atoms with Crippen LogP contribution in [-0.4, -0.2) is 43.1 Å². The molecule has 1 aliphatic rings. The van der Waals surface area contributed by atoms with Crippen LogP contribution in [0.2, 0.25) is 0 Å². The molecule has 2 amide bonds. The van der Waals surface area contributed by atoms with Gasteiger partial charge in [-0.05, 0) is 62.8 Å². The number of carbonyl (C=O) groups excluding carboxylic acids is 2. The number of hydrogen-bond donors (Lipinski definition) is 1. The van der Waals surface area contributed by atoms with Crippen molar-refractivity contribution in [3.63, 3.8) is 0 Å². The highest BCUT2D eigenvalue weighted by Crippen LogP contribution is 2.25. The summed E-state index contributed by atoms with van der Waals surface area (Å²) in [5, 5.41) is 8.62. The number of aryl methyl sites for hydroxylation is 2. The summed E-state index contributed by atoms with van der Waals surface area (Å²) in [4.78, 5) is 27.2. The van der Waals surface area contributed by atoms with Crippen LogP contribution in [0.15, 0.2) is 47.6 Å². The predicted molar refractivity (Wildman–Crippen MR) is 116 cm³/mol. The summed E-state index contributed by atoms with van der Waals surface area (Å²) < 4.78 is 13.2. The summed E-state index contributed by atoms with van der Waals surface area (Å²) >= 11 is 0. The van der Waals surface area contributed by atoms with E-state index in [4.69, 9.17) is 0 Å². The zero-order chi connectivity index (χ0) is 21.8. The fourth-order valence-corrected chi connectivity index (χ4v) is 3.43. The number of benzene rings is 2. The minimum atomic E-state index is -0.299. The van der Waals surface area contributed by atoms with Crippen LogP contribution in [0, 0.1) is 19.7 Å². The number of carbonyl (C=O) groups is 2. The first-order valence-corrected chi connectivity index (χ1v) is 9.94. The molecule has 1 aliphatic heterocycles. The second-order valence-electron chi connectivity index (χ2n) is 7.78. The molecule has 7 heteroatoms. The number of rotatable bonds is 6. The number of amides is 2. The summed E-state index contributed by atoms with van der Waals surface area (Å²) in [6.07, 6.45) is 0.532. The van der Waals surface area contributed by atoms with Crippen molar-refractivity contribution in [2.24, 2.45) is 5.10 Å². The maximum Gasteiger partial charge on any atom is 0.267 e. The first-order chi connectivity index (χ1) is 14.3. The van der Waals surface area contributed by atoms with Crippen LogP contribution in [0.1, 0.15) is 35.6 Å². The van der Waals surface area contributed by atoms with Gasteiger partial charge < -0.3 is 10.2 Å². The zero-order valence-electron chi connectivity index (χ0n) is 17.8. The van der Waals surface area contributed by atoms with E-state index in [0.717, 1.165) is 16.7 Å². The molecule has 1 unspecified atom stereocenters. The van der Waals surface area contributed by atoms with Gasteiger partial charge in [-0.2, -0.15) is 5.10 Å². The van der Waals surface area contributed by atoms with Gasteiger partial charge in [0, 0.05) is 19.4 Å². The Kier molecular flexibility index (Phi) is 6.62. The van der Waals surface area contributed by atoms with E-state index in [9.17, 15) is 14.0 Å². The normalized spacial score (nSPS) is 15.2. The van der Waals surface area contributed by atoms with Crippen molar-refractivity contribution in [2.45, 2.75) is 32.7 Å². The topological polar surface area (TPSA) is 65.0 Å². The van der Waals surface area contributed by atoms with Crippen LogP contribution in [0.3, 0.4) is 0 Å². The van der Waals surface area contributed by atoms with Gasteiger partial charge >= 0.3 is 0 Å². The van der Waals surface area contributed by atoms with Gasteiger partial charge in [-0.1, -0.05) is 24.3 Å². The van der Waals surface area contributed by atoms with E-state index >= 15 is 0 Å². The van der Waals surface area contributed by atoms with Crippen molar-refractivity contribution >= 4 is 23.2 Å². The van der Waals surface area contributed by atoms with Gasteiger partial charge in [0.2, 0.25) is 5.91 Å². The Morgan fingerprint density at radius 1 is 1.17 bits per heavy atom. The molecular weight excluding hydrogens is 383 g/mol. The van der Waals surface area contributed by atoms with Crippen LogP contribution in [-0.2, 0) is 9.59 Å². The Morgan fingerprint density at radius 2 is 1.87 bits per heavy atom. The molecule has 0 saturated carbocycles. The molecule has 1 atom stereocenters. The molecule has 0 bridgehead atoms. The lowest BCUT2D eigenvalue weighted by atomic mass is 10.1. The minimum Gasteiger partial charge on any atom is -0.349 e. The molecular formula is C23H27FN4O2. The molecule has 158 valence electrons. The number of nitrogens with one attached hydrogen (secondary N) is 1. The van der Waals surface area contributed by atoms with E-state index in [1.54, 1.807) is 12.1 Å². The third-order valence-electron chi connectivity index (χ3n) is 5.22. The molecule has 0 fully saturated rings. The van der Waals surface area contributed by atoms with Crippen LogP contribution in [0.5, 0.6) is 0 Å². The predicted octanol–water partition coefficient (Wildman–Crippen LogP) is 3.34. The van der Waals surface area contributed by atoms with Crippen molar-refractivity contribution < 1.29 is 14.0 Å². The molecule has 6 nitrogen and oxygen atoms in total. The smallest absolute Gasteiger partial charge is 0.267 e. The first kappa shape index (κ1) is 21.6. The van der Waals surface area contributed by atoms with E-state index in [0.29, 0.717) is 24.4 Å². The highest BCUT2D eigenvalue weighted by molar-refractivity contribution is 6.40. The Morgan fingerprint density at radius 3 is 2.53 bits per heavy atom. The van der Waals surface area contributed by atoms with E-state index in [1.165, 1.54) is 17.1 Å². The lowest BCUT2D eigenvalue weighted by Gasteiger charge is -2.27. The quantitative estimate of drug-likeness (QED) is 0.794. The number of nitrogens with zero attached hydrogens (tertiary/aromatic N) is 3. The van der Waals surface area contributed by atoms with Crippen LogP contribution < -0.4 is 10.3 Å². The Labute approximate surface area is 176 Å². The molecule has 1 heterocycles. The zero-order valence-corrected chi connectivity index (χ0v) is 17.8. The monoisotopic (exact) mass is 410 g/mol. The lowest BCUT2D eigenvalue weighted by molar-refractivity contribution is -0.119. The molecule has 2 aromatic rings. The summed E-state index contributed by atoms with van der Waals surface area (Å²) in [6.45, 7) is 4.20. The maximum absolute atomic E-state index is 13.2. The standard InChI is InChI=1S/C23H27FN4O2/c1-15-5-6-16(2)20(13-15)28-22(29)12-11-19(26-28)23(30)25-14-21(27(3)4)17-7-9-18(24)10-8-17/h5-10,13,21H,11-12,14H2,1-4H3,(H,25,30). The minimum absolute atomic E-state index is 0.115. The fraction of sp³-hybridized carbons (Fsp3) is 0.348. The molecule has 1 N–H and O–H groups in total. The van der Waals surface area contributed by atoms with Crippen molar-refractivity contribution in [2.75, 3.05) is 25.6 Å². The van der Waals surface area contributed by atoms with Crippen molar-refractivity contribution in [3.05, 3.63) is 65.0 Å². The molecule has 3 rings (SSSR count). The van der Waals surface area contributed by atoms with E-state index in [1.807, 2.05) is 51.0 Å². The van der Waals surface area contributed by atoms with Gasteiger partial charge in [0.05, 0.1) is 11.7 Å². The molecule has 0 radical (unpaired) electrons. The van der Waals surface area contributed by atoms with Gasteiger partial charge in [0.1, 0.15) is 11.5 Å². The van der Waals surface area contributed by atoms with Crippen LogP contribution >= 0.6 is 0 Å². The fourth-order valence-electron chi connectivity index (χ4n) is 3.43. The van der Waals surface area contributed by atoms with E-state index in [2.05, 4.69) is 10.4 Å². The summed E-state index contributed by atoms with van der Waals surface area (Å²) in [7, 11) is 3.80. The number of hydrogen-bond acceptors (Lipinski definition) is 4. The molecule has 30 heavy (non-hydrogen) atoms. The highest BCUT2D eigenvalue weighted by atomic mass is 19.1. The number of halogens is 1. The van der Waals surface area contributed by atoms with Gasteiger partial charge in [-0.3, -0.25) is 9.59 Å². The second kappa shape index (κ2) is 9.17. The Bertz CT molecular complexity index is 970. The molecule has 0 saturated heterocycles. The summed E-state index contributed by atoms with van der Waals surface area (Å²) in [5.41, 5.74) is 3.86. The van der Waals surface area contributed by atoms with Crippen molar-refractivity contribution in [1.29, 1.82) is 0 Å². The molecule has 0 aromatic heterocycles. The first-order valence-electron chi connectivity index (χ1n) is 9.94.